The summed E-state index contributed by atoms with van der Waals surface area (Å²) in [5, 5.41) is -0.669. The molecule has 2 atom stereocenters. The van der Waals surface area contributed by atoms with Crippen molar-refractivity contribution >= 4 is 62.6 Å². The number of pyridine rings is 1. The maximum absolute atomic E-state index is 14.0. The van der Waals surface area contributed by atoms with Crippen molar-refractivity contribution in [1.82, 2.24) is 4.31 Å². The number of carbonyl (C=O) groups is 2. The third-order valence-corrected chi connectivity index (χ3v) is 12.4. The van der Waals surface area contributed by atoms with Crippen LogP contribution in [0, 0.1) is 5.92 Å². The fourth-order valence-corrected chi connectivity index (χ4v) is 9.52. The lowest BCUT2D eigenvalue weighted by Gasteiger charge is -2.29. The molecule has 11 nitrogen and oxygen atoms in total. The highest BCUT2D eigenvalue weighted by Gasteiger charge is 2.42. The van der Waals surface area contributed by atoms with Gasteiger partial charge in [-0.15, -0.1) is 11.8 Å². The Hall–Kier alpha value is -3.21. The number of alkyl halides is 2. The summed E-state index contributed by atoms with van der Waals surface area (Å²) in [4.78, 5) is 30.5. The lowest BCUT2D eigenvalue weighted by Crippen LogP contribution is -2.41. The van der Waals surface area contributed by atoms with Crippen molar-refractivity contribution in [3.05, 3.63) is 75.5 Å². The van der Waals surface area contributed by atoms with Crippen molar-refractivity contribution in [3.63, 3.8) is 0 Å². The molecule has 0 unspecified atom stereocenters. The van der Waals surface area contributed by atoms with Gasteiger partial charge in [0.1, 0.15) is 16.1 Å². The molecule has 270 valence electrons. The van der Waals surface area contributed by atoms with Gasteiger partial charge in [-0.2, -0.15) is 13.1 Å². The Bertz CT molecular complexity index is 1830. The Morgan fingerprint density at radius 2 is 1.80 bits per heavy atom. The van der Waals surface area contributed by atoms with Gasteiger partial charge in [-0.3, -0.25) is 4.79 Å². The van der Waals surface area contributed by atoms with Gasteiger partial charge in [0, 0.05) is 43.4 Å². The van der Waals surface area contributed by atoms with E-state index in [0.717, 1.165) is 34.5 Å². The number of amides is 1. The summed E-state index contributed by atoms with van der Waals surface area (Å²) >= 11 is 14.0. The molecule has 1 saturated carbocycles. The standard InChI is InChI=1S/C33H33Cl2F2N3O7S2.H2O/c1-19(41)39-10-2-3-21-13-23(7-8-27(21)39)49(43,44)40-11-12-48-31(40)32(42)46-29(15-24-25(34)16-38-17-26(24)35)22-6-9-28(47-33(36)37)30(14-22)45-18-20-4-5-20;/h6-9,13-14,16-17,20,29,31,33H,2-5,10-12,15,18H2,1H3;1H2/t29-,31-;/m0./s1. The number of thioether (sulfide) groups is 1. The van der Waals surface area contributed by atoms with E-state index in [1.165, 1.54) is 43.6 Å². The van der Waals surface area contributed by atoms with Gasteiger partial charge in [0.15, 0.2) is 29.3 Å². The largest absolute Gasteiger partial charge is 0.870 e. The van der Waals surface area contributed by atoms with E-state index >= 15 is 0 Å². The zero-order chi connectivity index (χ0) is 34.9. The summed E-state index contributed by atoms with van der Waals surface area (Å²) < 4.78 is 72.1. The monoisotopic (exact) mass is 773 g/mol. The molecule has 3 aromatic rings. The van der Waals surface area contributed by atoms with Crippen LogP contribution in [0.1, 0.15) is 49.0 Å². The molecule has 17 heteroatoms. The maximum atomic E-state index is 14.0. The number of hydrogen-bond acceptors (Lipinski definition) is 9. The molecule has 3 heterocycles. The fourth-order valence-electron chi connectivity index (χ4n) is 5.89. The SMILES string of the molecule is CC(=O)N1CCCc2cc(S(=O)(=O)N3CCS[C@H]3C(=O)O[C@@H](Cc3c(Cl)c[nH+]cc3Cl)c3ccc(OC(F)F)c(OCC4CC4)c3)ccc21.[OH-]. The Labute approximate surface area is 302 Å². The molecule has 3 aliphatic rings. The smallest absolute Gasteiger partial charge is 0.387 e. The first kappa shape index (κ1) is 38.0. The topological polar surface area (TPSA) is 147 Å². The van der Waals surface area contributed by atoms with Crippen LogP contribution in [-0.4, -0.2) is 67.5 Å². The number of benzene rings is 2. The number of hydrogen-bond donors (Lipinski definition) is 0. The number of anilines is 1. The van der Waals surface area contributed by atoms with Crippen molar-refractivity contribution < 1.29 is 51.5 Å². The van der Waals surface area contributed by atoms with Crippen LogP contribution in [0.5, 0.6) is 11.5 Å². The normalized spacial score (nSPS) is 18.3. The van der Waals surface area contributed by atoms with Gasteiger partial charge in [0.25, 0.3) is 0 Å². The summed E-state index contributed by atoms with van der Waals surface area (Å²) in [6.45, 7) is -0.688. The third kappa shape index (κ3) is 8.45. The molecular formula is C33H35Cl2F2N3O8S2. The van der Waals surface area contributed by atoms with Gasteiger partial charge in [-0.1, -0.05) is 29.3 Å². The number of fused-ring (bicyclic) bond motifs is 1. The number of aryl methyl sites for hydroxylation is 1. The zero-order valence-corrected chi connectivity index (χ0v) is 30.0. The van der Waals surface area contributed by atoms with Gasteiger partial charge in [-0.25, -0.2) is 18.2 Å². The van der Waals surface area contributed by atoms with Crippen LogP contribution < -0.4 is 19.4 Å². The number of carbonyl (C=O) groups excluding carboxylic acids is 2. The summed E-state index contributed by atoms with van der Waals surface area (Å²) in [5.74, 6) is -0.406. The van der Waals surface area contributed by atoms with E-state index in [4.69, 9.17) is 32.7 Å². The molecule has 6 rings (SSSR count). The molecule has 0 spiro atoms. The van der Waals surface area contributed by atoms with Crippen LogP contribution in [0.3, 0.4) is 0 Å². The second-order valence-corrected chi connectivity index (χ2v) is 15.9. The van der Waals surface area contributed by atoms with Crippen LogP contribution in [0.4, 0.5) is 14.5 Å². The van der Waals surface area contributed by atoms with Gasteiger partial charge in [0.2, 0.25) is 15.9 Å². The number of ether oxygens (including phenoxy) is 3. The predicted molar refractivity (Wildman–Crippen MR) is 182 cm³/mol. The summed E-state index contributed by atoms with van der Waals surface area (Å²) in [7, 11) is -4.16. The van der Waals surface area contributed by atoms with E-state index in [1.807, 2.05) is 0 Å². The number of aromatic nitrogens is 1. The van der Waals surface area contributed by atoms with Crippen LogP contribution in [0.15, 0.2) is 53.7 Å². The van der Waals surface area contributed by atoms with Crippen molar-refractivity contribution in [1.29, 1.82) is 0 Å². The van der Waals surface area contributed by atoms with E-state index in [2.05, 4.69) is 9.72 Å². The highest BCUT2D eigenvalue weighted by atomic mass is 35.5. The van der Waals surface area contributed by atoms with Crippen molar-refractivity contribution in [2.75, 3.05) is 30.3 Å². The quantitative estimate of drug-likeness (QED) is 0.205. The lowest BCUT2D eigenvalue weighted by molar-refractivity contribution is -0.377. The Kier molecular flexibility index (Phi) is 12.2. The molecule has 2 fully saturated rings. The van der Waals surface area contributed by atoms with Gasteiger partial charge >= 0.3 is 12.6 Å². The second-order valence-electron chi connectivity index (χ2n) is 12.0. The molecule has 1 aliphatic carbocycles. The van der Waals surface area contributed by atoms with Gasteiger partial charge in [0.05, 0.1) is 11.5 Å². The van der Waals surface area contributed by atoms with Crippen LogP contribution in [-0.2, 0) is 37.2 Å². The number of nitrogens with zero attached hydrogens (tertiary/aromatic N) is 2. The van der Waals surface area contributed by atoms with Crippen LogP contribution in [0.25, 0.3) is 0 Å². The molecular weight excluding hydrogens is 739 g/mol. The van der Waals surface area contributed by atoms with Crippen molar-refractivity contribution in [2.24, 2.45) is 5.92 Å². The van der Waals surface area contributed by atoms with Gasteiger partial charge < -0.3 is 24.6 Å². The lowest BCUT2D eigenvalue weighted by atomic mass is 10.0. The van der Waals surface area contributed by atoms with Crippen molar-refractivity contribution in [2.45, 2.75) is 62.0 Å². The number of H-pyrrole nitrogens is 1. The van der Waals surface area contributed by atoms with E-state index in [9.17, 15) is 26.8 Å². The van der Waals surface area contributed by atoms with Crippen molar-refractivity contribution in [3.8, 4) is 11.5 Å². The molecule has 50 heavy (non-hydrogen) atoms. The maximum Gasteiger partial charge on any atom is 0.387 e. The average molecular weight is 775 g/mol. The number of nitrogens with one attached hydrogen (secondary N) is 1. The molecule has 2 aliphatic heterocycles. The molecule has 0 radical (unpaired) electrons. The number of halogens is 4. The molecule has 1 saturated heterocycles. The summed E-state index contributed by atoms with van der Waals surface area (Å²) in [5.41, 5.74) is 2.24. The number of rotatable bonds is 12. The Morgan fingerprint density at radius 1 is 1.06 bits per heavy atom. The first-order valence-electron chi connectivity index (χ1n) is 15.7. The first-order valence-corrected chi connectivity index (χ1v) is 19.0. The molecule has 1 aromatic heterocycles. The van der Waals surface area contributed by atoms with Gasteiger partial charge in [-0.05, 0) is 73.1 Å². The zero-order valence-electron chi connectivity index (χ0n) is 26.8. The number of esters is 1. The van der Waals surface area contributed by atoms with Crippen LogP contribution >= 0.6 is 35.0 Å². The molecule has 1 amide bonds. The fraction of sp³-hybridized carbons (Fsp3) is 0.424. The molecule has 0 bridgehead atoms. The molecule has 2 aromatic carbocycles. The third-order valence-electron chi connectivity index (χ3n) is 8.58. The predicted octanol–water partition coefficient (Wildman–Crippen LogP) is 5.91. The van der Waals surface area contributed by atoms with E-state index in [0.29, 0.717) is 54.5 Å². The first-order chi connectivity index (χ1) is 23.4. The number of sulfonamides is 1. The average Bonchev–Trinajstić information content (AvgIpc) is 3.76. The Morgan fingerprint density at radius 3 is 2.48 bits per heavy atom. The Balaban J connectivity index is 0.00000486. The second kappa shape index (κ2) is 16.0. The minimum Gasteiger partial charge on any atom is -0.870 e. The highest BCUT2D eigenvalue weighted by Crippen LogP contribution is 2.40. The summed E-state index contributed by atoms with van der Waals surface area (Å²) in [6, 6.07) is 8.91. The summed E-state index contributed by atoms with van der Waals surface area (Å²) in [6.07, 6.45) is 5.18. The minimum absolute atomic E-state index is 0. The highest BCUT2D eigenvalue weighted by molar-refractivity contribution is 8.02. The van der Waals surface area contributed by atoms with E-state index in [1.54, 1.807) is 17.0 Å². The van der Waals surface area contributed by atoms with Crippen LogP contribution in [0.2, 0.25) is 10.0 Å². The van der Waals surface area contributed by atoms with E-state index in [-0.39, 0.29) is 50.8 Å². The van der Waals surface area contributed by atoms with E-state index < -0.39 is 34.1 Å². The number of aromatic amines is 1. The minimum atomic E-state index is -4.16. The molecule has 2 N–H and O–H groups in total.